The Morgan fingerprint density at radius 3 is 2.48 bits per heavy atom. The topological polar surface area (TPSA) is 52.6 Å². The second kappa shape index (κ2) is 9.52. The van der Waals surface area contributed by atoms with E-state index in [1.807, 2.05) is 6.08 Å². The molecule has 1 rings (SSSR count). The number of carbonyl (C=O) groups excluding carboxylic acids is 2. The van der Waals surface area contributed by atoms with Gasteiger partial charge in [-0.1, -0.05) is 56.4 Å². The van der Waals surface area contributed by atoms with Crippen molar-refractivity contribution >= 4 is 42.7 Å². The predicted molar refractivity (Wildman–Crippen MR) is 122 cm³/mol. The minimum Gasteiger partial charge on any atom is -0.466 e. The summed E-state index contributed by atoms with van der Waals surface area (Å²) in [5.74, 6) is 0.0555. The highest BCUT2D eigenvalue weighted by Crippen LogP contribution is 2.55. The zero-order valence-electron chi connectivity index (χ0n) is 18.1. The summed E-state index contributed by atoms with van der Waals surface area (Å²) in [6.45, 7) is 14.1. The minimum atomic E-state index is -1.88. The van der Waals surface area contributed by atoms with Gasteiger partial charge in [0.2, 0.25) is 0 Å². The van der Waals surface area contributed by atoms with Crippen molar-refractivity contribution in [3.8, 4) is 0 Å². The molecule has 1 fully saturated rings. The first-order valence-corrected chi connectivity index (χ1v) is 14.3. The van der Waals surface area contributed by atoms with Crippen LogP contribution >= 0.6 is 22.6 Å². The molecule has 0 N–H and O–H groups in total. The van der Waals surface area contributed by atoms with Gasteiger partial charge in [0.15, 0.2) is 8.32 Å². The second-order valence-corrected chi connectivity index (χ2v) is 15.1. The lowest BCUT2D eigenvalue weighted by molar-refractivity contribution is -0.134. The van der Waals surface area contributed by atoms with E-state index in [2.05, 4.69) is 68.1 Å². The summed E-state index contributed by atoms with van der Waals surface area (Å²) >= 11 is 2.37. The van der Waals surface area contributed by atoms with Gasteiger partial charge in [0.25, 0.3) is 0 Å². The normalized spacial score (nSPS) is 26.7. The molecule has 1 aliphatic carbocycles. The summed E-state index contributed by atoms with van der Waals surface area (Å²) < 4.78 is 12.1. The van der Waals surface area contributed by atoms with E-state index in [0.717, 1.165) is 30.1 Å². The van der Waals surface area contributed by atoms with Gasteiger partial charge in [-0.2, -0.15) is 0 Å². The van der Waals surface area contributed by atoms with Crippen LogP contribution in [0.3, 0.4) is 0 Å². The first kappa shape index (κ1) is 24.8. The molecule has 156 valence electrons. The van der Waals surface area contributed by atoms with Crippen LogP contribution in [0.5, 0.6) is 0 Å². The molecule has 1 saturated carbocycles. The van der Waals surface area contributed by atoms with Crippen LogP contribution in [0.2, 0.25) is 18.1 Å². The zero-order chi connectivity index (χ0) is 20.9. The molecule has 6 heteroatoms. The van der Waals surface area contributed by atoms with E-state index in [-0.39, 0.29) is 21.8 Å². The average Bonchev–Trinajstić information content (AvgIpc) is 2.84. The number of halogens is 1. The molecule has 0 bridgehead atoms. The van der Waals surface area contributed by atoms with Crippen LogP contribution in [0.25, 0.3) is 0 Å². The Bertz CT molecular complexity index is 567. The second-order valence-electron chi connectivity index (χ2n) is 9.54. The Kier molecular flexibility index (Phi) is 8.76. The van der Waals surface area contributed by atoms with Crippen molar-refractivity contribution < 1.29 is 18.8 Å². The van der Waals surface area contributed by atoms with E-state index in [1.165, 1.54) is 13.2 Å². The van der Waals surface area contributed by atoms with E-state index in [4.69, 9.17) is 4.43 Å². The van der Waals surface area contributed by atoms with Crippen LogP contribution in [-0.4, -0.2) is 38.2 Å². The summed E-state index contributed by atoms with van der Waals surface area (Å²) in [6.07, 6.45) is 7.59. The van der Waals surface area contributed by atoms with Crippen LogP contribution in [0.1, 0.15) is 59.8 Å². The standard InChI is InChI=1S/C21H37IO4Si/c1-19(2,3)27(6,7)26-16-21(13-10-8-9-11-18(24)25-5)14-12-17(23)20(21,4)15-22/h9,11H,8,10,12-16H2,1-7H3/b11-9+/t20-,21+/m1/s1. The molecule has 0 spiro atoms. The maximum Gasteiger partial charge on any atom is 0.330 e. The van der Waals surface area contributed by atoms with Crippen molar-refractivity contribution in [3.05, 3.63) is 12.2 Å². The van der Waals surface area contributed by atoms with Gasteiger partial charge in [0.1, 0.15) is 5.78 Å². The summed E-state index contributed by atoms with van der Waals surface area (Å²) in [6, 6.07) is 0. The van der Waals surface area contributed by atoms with Crippen molar-refractivity contribution in [1.29, 1.82) is 0 Å². The van der Waals surface area contributed by atoms with E-state index in [9.17, 15) is 9.59 Å². The third-order valence-electron chi connectivity index (χ3n) is 6.88. The molecule has 4 nitrogen and oxygen atoms in total. The Balaban J connectivity index is 2.94. The minimum absolute atomic E-state index is 0.111. The Morgan fingerprint density at radius 1 is 1.33 bits per heavy atom. The fourth-order valence-corrected chi connectivity index (χ4v) is 5.77. The molecular weight excluding hydrogens is 471 g/mol. The van der Waals surface area contributed by atoms with Gasteiger partial charge >= 0.3 is 5.97 Å². The highest BCUT2D eigenvalue weighted by molar-refractivity contribution is 14.1. The van der Waals surface area contributed by atoms with Crippen molar-refractivity contribution in [2.24, 2.45) is 10.8 Å². The summed E-state index contributed by atoms with van der Waals surface area (Å²) in [4.78, 5) is 24.0. The van der Waals surface area contributed by atoms with Crippen LogP contribution in [-0.2, 0) is 18.8 Å². The SMILES string of the molecule is COC(=O)/C=C/CCC[C@@]1(CO[Si](C)(C)C(C)(C)C)CCC(=O)[C@@]1(C)CI. The number of allylic oxidation sites excluding steroid dienone is 1. The first-order chi connectivity index (χ1) is 12.4. The van der Waals surface area contributed by atoms with E-state index in [1.54, 1.807) is 0 Å². The number of hydrogen-bond acceptors (Lipinski definition) is 4. The lowest BCUT2D eigenvalue weighted by Crippen LogP contribution is -2.49. The molecule has 0 amide bonds. The third kappa shape index (κ3) is 5.66. The number of unbranched alkanes of at least 4 members (excludes halogenated alkanes) is 1. The molecular formula is C21H37IO4Si. The zero-order valence-corrected chi connectivity index (χ0v) is 21.3. The van der Waals surface area contributed by atoms with Crippen molar-refractivity contribution in [2.75, 3.05) is 18.1 Å². The molecule has 0 radical (unpaired) electrons. The molecule has 27 heavy (non-hydrogen) atoms. The van der Waals surface area contributed by atoms with E-state index >= 15 is 0 Å². The van der Waals surface area contributed by atoms with Gasteiger partial charge in [-0.25, -0.2) is 4.79 Å². The van der Waals surface area contributed by atoms with Gasteiger partial charge in [0, 0.05) is 34.4 Å². The van der Waals surface area contributed by atoms with Gasteiger partial charge in [0.05, 0.1) is 7.11 Å². The molecule has 0 unspecified atom stereocenters. The number of rotatable bonds is 9. The van der Waals surface area contributed by atoms with E-state index < -0.39 is 8.32 Å². The number of carbonyl (C=O) groups is 2. The number of esters is 1. The average molecular weight is 509 g/mol. The van der Waals surface area contributed by atoms with Crippen LogP contribution in [0, 0.1) is 10.8 Å². The van der Waals surface area contributed by atoms with Crippen LogP contribution in [0.4, 0.5) is 0 Å². The number of methoxy groups -OCH3 is 1. The van der Waals surface area contributed by atoms with Crippen molar-refractivity contribution in [1.82, 2.24) is 0 Å². The monoisotopic (exact) mass is 508 g/mol. The summed E-state index contributed by atoms with van der Waals surface area (Å²) in [5, 5.41) is 0.154. The quantitative estimate of drug-likeness (QED) is 0.100. The first-order valence-electron chi connectivity index (χ1n) is 9.83. The molecule has 0 saturated heterocycles. The van der Waals surface area contributed by atoms with E-state index in [0.29, 0.717) is 18.8 Å². The predicted octanol–water partition coefficient (Wildman–Crippen LogP) is 5.70. The largest absolute Gasteiger partial charge is 0.466 e. The van der Waals surface area contributed by atoms with Gasteiger partial charge in [-0.05, 0) is 43.8 Å². The Hall–Kier alpha value is -0.213. The maximum atomic E-state index is 12.8. The Morgan fingerprint density at radius 2 is 1.96 bits per heavy atom. The lowest BCUT2D eigenvalue weighted by Gasteiger charge is -2.45. The van der Waals surface area contributed by atoms with Gasteiger partial charge in [-0.3, -0.25) is 4.79 Å². The summed E-state index contributed by atoms with van der Waals surface area (Å²) in [7, 11) is -0.495. The molecule has 0 aromatic heterocycles. The number of alkyl halides is 1. The number of Topliss-reactive ketones (excluding diaryl/α,β-unsaturated/α-hetero) is 1. The van der Waals surface area contributed by atoms with Gasteiger partial charge < -0.3 is 9.16 Å². The van der Waals surface area contributed by atoms with Crippen molar-refractivity contribution in [2.45, 2.75) is 77.9 Å². The highest BCUT2D eigenvalue weighted by atomic mass is 127. The smallest absolute Gasteiger partial charge is 0.330 e. The molecule has 0 aliphatic heterocycles. The number of hydrogen-bond donors (Lipinski definition) is 0. The number of ether oxygens (including phenoxy) is 1. The maximum absolute atomic E-state index is 12.8. The molecule has 1 aliphatic rings. The molecule has 2 atom stereocenters. The van der Waals surface area contributed by atoms with Crippen LogP contribution < -0.4 is 0 Å². The molecule has 0 aromatic rings. The fourth-order valence-electron chi connectivity index (χ4n) is 3.46. The summed E-state index contributed by atoms with van der Waals surface area (Å²) in [5.41, 5.74) is -0.443. The molecule has 0 heterocycles. The number of ketones is 1. The third-order valence-corrected chi connectivity index (χ3v) is 12.9. The highest BCUT2D eigenvalue weighted by Gasteiger charge is 2.56. The molecule has 0 aromatic carbocycles. The van der Waals surface area contributed by atoms with Gasteiger partial charge in [-0.15, -0.1) is 0 Å². The Labute approximate surface area is 180 Å². The van der Waals surface area contributed by atoms with Crippen molar-refractivity contribution in [3.63, 3.8) is 0 Å². The fraction of sp³-hybridized carbons (Fsp3) is 0.810. The van der Waals surface area contributed by atoms with Crippen LogP contribution in [0.15, 0.2) is 12.2 Å². The lowest BCUT2D eigenvalue weighted by atomic mass is 9.65.